The highest BCUT2D eigenvalue weighted by Gasteiger charge is 2.10. The molecule has 0 unspecified atom stereocenters. The van der Waals surface area contributed by atoms with Gasteiger partial charge in [0.1, 0.15) is 0 Å². The number of nitro groups is 1. The van der Waals surface area contributed by atoms with E-state index in [0.717, 1.165) is 0 Å². The summed E-state index contributed by atoms with van der Waals surface area (Å²) in [5.41, 5.74) is 0.405. The van der Waals surface area contributed by atoms with Crippen LogP contribution in [0.3, 0.4) is 0 Å². The molecule has 0 saturated heterocycles. The minimum Gasteiger partial charge on any atom is -0.360 e. The van der Waals surface area contributed by atoms with Crippen LogP contribution in [0.25, 0.3) is 0 Å². The number of ether oxygens (including phenoxy) is 1. The summed E-state index contributed by atoms with van der Waals surface area (Å²) < 4.78 is 4.06. The summed E-state index contributed by atoms with van der Waals surface area (Å²) in [5, 5.41) is 10.4. The topological polar surface area (TPSA) is 52.4 Å². The van der Waals surface area contributed by atoms with Gasteiger partial charge in [0.2, 0.25) is 0 Å². The van der Waals surface area contributed by atoms with Crippen LogP contribution >= 0.6 is 0 Å². The van der Waals surface area contributed by atoms with Crippen LogP contribution < -0.4 is 0 Å². The van der Waals surface area contributed by atoms with Crippen LogP contribution in [-0.4, -0.2) is 4.92 Å². The van der Waals surface area contributed by atoms with Crippen molar-refractivity contribution in [3.05, 3.63) is 47.1 Å². The number of nitro benzene ring substituents is 1. The predicted molar refractivity (Wildman–Crippen MR) is 41.1 cm³/mol. The first kappa shape index (κ1) is 8.67. The highest BCUT2D eigenvalue weighted by Crippen LogP contribution is 2.17. The summed E-state index contributed by atoms with van der Waals surface area (Å²) in [6.45, 7) is -0.0584. The van der Waals surface area contributed by atoms with Gasteiger partial charge in [-0.15, -0.1) is 0 Å². The Balaban J connectivity index is 3.00. The monoisotopic (exact) mass is 164 g/mol. The molecule has 0 N–H and O–H groups in total. The Morgan fingerprint density at radius 1 is 1.50 bits per heavy atom. The third kappa shape index (κ3) is 1.79. The predicted octanol–water partition coefficient (Wildman–Crippen LogP) is 1.66. The van der Waals surface area contributed by atoms with Crippen molar-refractivity contribution >= 4 is 5.69 Å². The van der Waals surface area contributed by atoms with Crippen LogP contribution in [0.15, 0.2) is 24.3 Å². The Hall–Kier alpha value is -1.42. The average molecular weight is 164 g/mol. The highest BCUT2D eigenvalue weighted by atomic mass is 16.6. The van der Waals surface area contributed by atoms with Crippen LogP contribution in [-0.2, 0) is 11.3 Å². The van der Waals surface area contributed by atoms with E-state index in [2.05, 4.69) is 4.74 Å². The van der Waals surface area contributed by atoms with Gasteiger partial charge >= 0.3 is 0 Å². The van der Waals surface area contributed by atoms with Gasteiger partial charge < -0.3 is 4.74 Å². The van der Waals surface area contributed by atoms with Gasteiger partial charge in [0.15, 0.2) is 7.11 Å². The average Bonchev–Trinajstić information content (AvgIpc) is 2.05. The second-order valence-electron chi connectivity index (χ2n) is 2.17. The maximum atomic E-state index is 10.4. The van der Waals surface area contributed by atoms with Gasteiger partial charge in [0.05, 0.1) is 17.1 Å². The van der Waals surface area contributed by atoms with E-state index in [9.17, 15) is 10.1 Å². The van der Waals surface area contributed by atoms with Gasteiger partial charge in [0.25, 0.3) is 5.69 Å². The molecule has 3 radical (unpaired) electrons. The summed E-state index contributed by atoms with van der Waals surface area (Å²) in [5.74, 6) is 0. The van der Waals surface area contributed by atoms with Crippen LogP contribution in [0.1, 0.15) is 5.56 Å². The molecule has 0 aliphatic heterocycles. The highest BCUT2D eigenvalue weighted by molar-refractivity contribution is 5.39. The van der Waals surface area contributed by atoms with E-state index in [1.807, 2.05) is 0 Å². The Morgan fingerprint density at radius 2 is 2.17 bits per heavy atom. The zero-order valence-electron chi connectivity index (χ0n) is 6.19. The lowest BCUT2D eigenvalue weighted by atomic mass is 10.2. The fourth-order valence-corrected chi connectivity index (χ4v) is 0.889. The number of hydrogen-bond acceptors (Lipinski definition) is 3. The number of benzene rings is 1. The Bertz CT molecular complexity index is 285. The van der Waals surface area contributed by atoms with E-state index in [-0.39, 0.29) is 12.3 Å². The quantitative estimate of drug-likeness (QED) is 0.504. The minimum atomic E-state index is -0.492. The zero-order valence-corrected chi connectivity index (χ0v) is 6.19. The molecular formula is C8H6NO3. The molecule has 0 aliphatic rings. The summed E-state index contributed by atoms with van der Waals surface area (Å²) >= 11 is 0. The van der Waals surface area contributed by atoms with Gasteiger partial charge in [-0.3, -0.25) is 10.1 Å². The maximum absolute atomic E-state index is 10.4. The van der Waals surface area contributed by atoms with Crippen molar-refractivity contribution in [1.29, 1.82) is 0 Å². The van der Waals surface area contributed by atoms with E-state index in [1.165, 1.54) is 6.07 Å². The normalized spacial score (nSPS) is 9.75. The molecule has 0 aliphatic carbocycles. The molecule has 61 valence electrons. The first-order chi connectivity index (χ1) is 5.75. The molecule has 0 saturated carbocycles. The van der Waals surface area contributed by atoms with E-state index in [0.29, 0.717) is 5.56 Å². The molecule has 4 heteroatoms. The minimum absolute atomic E-state index is 0.00949. The van der Waals surface area contributed by atoms with Crippen molar-refractivity contribution in [1.82, 2.24) is 0 Å². The first-order valence-corrected chi connectivity index (χ1v) is 3.26. The SMILES string of the molecule is [C]OCc1ccccc1[N+](=O)[O-]. The molecule has 1 aromatic carbocycles. The lowest BCUT2D eigenvalue weighted by Crippen LogP contribution is -1.95. The molecule has 0 fully saturated rings. The summed E-state index contributed by atoms with van der Waals surface area (Å²) in [4.78, 5) is 9.89. The number of para-hydroxylation sites is 1. The van der Waals surface area contributed by atoms with E-state index in [4.69, 9.17) is 7.11 Å². The van der Waals surface area contributed by atoms with Crippen molar-refractivity contribution < 1.29 is 9.66 Å². The van der Waals surface area contributed by atoms with Crippen molar-refractivity contribution in [2.75, 3.05) is 0 Å². The van der Waals surface area contributed by atoms with Crippen molar-refractivity contribution in [2.24, 2.45) is 0 Å². The molecule has 12 heavy (non-hydrogen) atoms. The van der Waals surface area contributed by atoms with Gasteiger partial charge in [-0.25, -0.2) is 0 Å². The van der Waals surface area contributed by atoms with Gasteiger partial charge in [-0.2, -0.15) is 0 Å². The summed E-state index contributed by atoms with van der Waals surface area (Å²) in [6, 6.07) is 6.19. The van der Waals surface area contributed by atoms with E-state index >= 15 is 0 Å². The summed E-state index contributed by atoms with van der Waals surface area (Å²) in [7, 11) is 6.46. The summed E-state index contributed by atoms with van der Waals surface area (Å²) in [6.07, 6.45) is 0. The number of rotatable bonds is 3. The van der Waals surface area contributed by atoms with Crippen molar-refractivity contribution in [3.63, 3.8) is 0 Å². The lowest BCUT2D eigenvalue weighted by molar-refractivity contribution is -0.385. The Kier molecular flexibility index (Phi) is 2.76. The molecule has 4 nitrogen and oxygen atoms in total. The van der Waals surface area contributed by atoms with Gasteiger partial charge in [0, 0.05) is 6.07 Å². The third-order valence-electron chi connectivity index (χ3n) is 1.42. The molecule has 0 amide bonds. The second kappa shape index (κ2) is 3.82. The third-order valence-corrected chi connectivity index (χ3v) is 1.42. The molecule has 0 atom stereocenters. The molecule has 1 aromatic rings. The Labute approximate surface area is 69.9 Å². The Morgan fingerprint density at radius 3 is 2.75 bits per heavy atom. The van der Waals surface area contributed by atoms with Gasteiger partial charge in [-0.1, -0.05) is 12.1 Å². The van der Waals surface area contributed by atoms with Crippen LogP contribution in [0.5, 0.6) is 0 Å². The maximum Gasteiger partial charge on any atom is 0.274 e. The standard InChI is InChI=1S/C8H6NO3/c1-12-6-7-4-2-3-5-8(7)9(10)11/h2-5H,6H2. The zero-order chi connectivity index (χ0) is 8.97. The molecule has 0 spiro atoms. The molecule has 0 aromatic heterocycles. The van der Waals surface area contributed by atoms with Crippen molar-refractivity contribution in [3.8, 4) is 0 Å². The van der Waals surface area contributed by atoms with Crippen molar-refractivity contribution in [2.45, 2.75) is 6.61 Å². The molecule has 1 rings (SSSR count). The van der Waals surface area contributed by atoms with Crippen LogP contribution in [0, 0.1) is 17.2 Å². The smallest absolute Gasteiger partial charge is 0.274 e. The number of nitrogens with zero attached hydrogens (tertiary/aromatic N) is 1. The van der Waals surface area contributed by atoms with Gasteiger partial charge in [-0.05, 0) is 6.07 Å². The lowest BCUT2D eigenvalue weighted by Gasteiger charge is -1.98. The second-order valence-corrected chi connectivity index (χ2v) is 2.17. The first-order valence-electron chi connectivity index (χ1n) is 3.26. The van der Waals surface area contributed by atoms with E-state index in [1.54, 1.807) is 18.2 Å². The van der Waals surface area contributed by atoms with Crippen LogP contribution in [0.4, 0.5) is 5.69 Å². The largest absolute Gasteiger partial charge is 0.360 e. The fraction of sp³-hybridized carbons (Fsp3) is 0.125. The molecular weight excluding hydrogens is 158 g/mol. The van der Waals surface area contributed by atoms with E-state index < -0.39 is 4.92 Å². The number of hydrogen-bond donors (Lipinski definition) is 0. The fourth-order valence-electron chi connectivity index (χ4n) is 0.889. The molecule has 0 heterocycles. The molecule has 0 bridgehead atoms. The van der Waals surface area contributed by atoms with Crippen LogP contribution in [0.2, 0.25) is 0 Å².